The van der Waals surface area contributed by atoms with E-state index in [2.05, 4.69) is 30.2 Å². The zero-order valence-corrected chi connectivity index (χ0v) is 17.3. The lowest BCUT2D eigenvalue weighted by atomic mass is 9.71. The molecule has 1 aromatic rings. The molecule has 0 bridgehead atoms. The van der Waals surface area contributed by atoms with E-state index < -0.39 is 11.6 Å². The molecule has 0 spiro atoms. The Labute approximate surface area is 169 Å². The number of aliphatic hydroxyl groups is 1. The number of halogens is 2. The van der Waals surface area contributed by atoms with Crippen molar-refractivity contribution in [2.75, 3.05) is 11.9 Å². The molecule has 0 radical (unpaired) electrons. The van der Waals surface area contributed by atoms with Gasteiger partial charge in [0.1, 0.15) is 12.0 Å². The van der Waals surface area contributed by atoms with Gasteiger partial charge in [0.2, 0.25) is 0 Å². The lowest BCUT2D eigenvalue weighted by molar-refractivity contribution is 0.0841. The van der Waals surface area contributed by atoms with Gasteiger partial charge in [-0.15, -0.1) is 0 Å². The van der Waals surface area contributed by atoms with E-state index in [4.69, 9.17) is 32.7 Å². The quantitative estimate of drug-likeness (QED) is 0.636. The maximum atomic E-state index is 11.0. The van der Waals surface area contributed by atoms with Crippen LogP contribution in [0.3, 0.4) is 0 Å². The SMILES string of the molecule is CCOC1=C2OC(C(C)C)=CC2(C)C(C(O)Nc2c(Cl)cncc2Cl)C=C1. The van der Waals surface area contributed by atoms with Crippen molar-refractivity contribution in [2.24, 2.45) is 17.3 Å². The topological polar surface area (TPSA) is 63.6 Å². The van der Waals surface area contributed by atoms with Crippen LogP contribution >= 0.6 is 23.2 Å². The van der Waals surface area contributed by atoms with Gasteiger partial charge in [-0.05, 0) is 26.0 Å². The number of pyridine rings is 1. The molecule has 5 nitrogen and oxygen atoms in total. The van der Waals surface area contributed by atoms with E-state index in [9.17, 15) is 5.11 Å². The van der Waals surface area contributed by atoms with Crippen molar-refractivity contribution < 1.29 is 14.6 Å². The number of allylic oxidation sites excluding steroid dienone is 3. The molecule has 0 aromatic carbocycles. The molecule has 2 aliphatic rings. The first kappa shape index (κ1) is 20.1. The van der Waals surface area contributed by atoms with Gasteiger partial charge < -0.3 is 19.9 Å². The van der Waals surface area contributed by atoms with Crippen LogP contribution in [0.1, 0.15) is 27.7 Å². The van der Waals surface area contributed by atoms with Crippen LogP contribution in [-0.2, 0) is 9.47 Å². The van der Waals surface area contributed by atoms with Crippen molar-refractivity contribution in [3.8, 4) is 0 Å². The van der Waals surface area contributed by atoms with E-state index in [0.29, 0.717) is 33.9 Å². The summed E-state index contributed by atoms with van der Waals surface area (Å²) < 4.78 is 11.9. The minimum absolute atomic E-state index is 0.220. The van der Waals surface area contributed by atoms with Crippen LogP contribution in [-0.4, -0.2) is 22.9 Å². The molecule has 0 saturated heterocycles. The predicted octanol–water partition coefficient (Wildman–Crippen LogP) is 5.13. The average Bonchev–Trinajstić information content (AvgIpc) is 2.97. The Morgan fingerprint density at radius 2 is 2.00 bits per heavy atom. The van der Waals surface area contributed by atoms with Gasteiger partial charge in [-0.25, -0.2) is 0 Å². The fourth-order valence-electron chi connectivity index (χ4n) is 3.42. The summed E-state index contributed by atoms with van der Waals surface area (Å²) >= 11 is 12.4. The van der Waals surface area contributed by atoms with Crippen molar-refractivity contribution in [1.82, 2.24) is 4.98 Å². The molecule has 3 atom stereocenters. The second-order valence-electron chi connectivity index (χ2n) is 7.16. The third-order valence-electron chi connectivity index (χ3n) is 4.88. The fraction of sp³-hybridized carbons (Fsp3) is 0.450. The lowest BCUT2D eigenvalue weighted by Gasteiger charge is -2.37. The standard InChI is InChI=1S/C20H24Cl2N2O3/c1-5-26-15-7-6-12(20(4)8-16(11(2)3)27-18(15)20)19(25)24-17-13(21)9-23-10-14(17)22/h6-12,19,25H,5H2,1-4H3,(H,23,24). The van der Waals surface area contributed by atoms with Gasteiger partial charge in [-0.1, -0.05) is 43.1 Å². The Hall–Kier alpha value is -1.69. The summed E-state index contributed by atoms with van der Waals surface area (Å²) in [6, 6.07) is 0. The van der Waals surface area contributed by atoms with E-state index in [1.807, 2.05) is 26.0 Å². The van der Waals surface area contributed by atoms with Crippen LogP contribution in [0, 0.1) is 17.3 Å². The zero-order chi connectivity index (χ0) is 19.8. The Morgan fingerprint density at radius 1 is 1.33 bits per heavy atom. The van der Waals surface area contributed by atoms with Crippen LogP contribution in [0.2, 0.25) is 10.0 Å². The van der Waals surface area contributed by atoms with Crippen LogP contribution in [0.25, 0.3) is 0 Å². The highest BCUT2D eigenvalue weighted by Gasteiger charge is 2.49. The molecule has 3 unspecified atom stereocenters. The Morgan fingerprint density at radius 3 is 2.59 bits per heavy atom. The molecule has 3 rings (SSSR count). The van der Waals surface area contributed by atoms with Gasteiger partial charge >= 0.3 is 0 Å². The molecule has 1 aromatic heterocycles. The Bertz CT molecular complexity index is 799. The molecule has 146 valence electrons. The first-order chi connectivity index (χ1) is 12.8. The summed E-state index contributed by atoms with van der Waals surface area (Å²) in [7, 11) is 0. The van der Waals surface area contributed by atoms with Crippen molar-refractivity contribution in [3.63, 3.8) is 0 Å². The third-order valence-corrected chi connectivity index (χ3v) is 5.45. The summed E-state index contributed by atoms with van der Waals surface area (Å²) in [5.41, 5.74) is -0.108. The maximum absolute atomic E-state index is 11.0. The van der Waals surface area contributed by atoms with Gasteiger partial charge in [0.05, 0.1) is 27.8 Å². The second-order valence-corrected chi connectivity index (χ2v) is 7.98. The summed E-state index contributed by atoms with van der Waals surface area (Å²) in [5, 5.41) is 14.7. The average molecular weight is 411 g/mol. The number of rotatable bonds is 6. The molecule has 1 aliphatic heterocycles. The summed E-state index contributed by atoms with van der Waals surface area (Å²) in [6.45, 7) is 8.64. The van der Waals surface area contributed by atoms with Gasteiger partial charge in [0, 0.05) is 24.2 Å². The zero-order valence-electron chi connectivity index (χ0n) is 15.8. The molecule has 0 amide bonds. The van der Waals surface area contributed by atoms with Crippen molar-refractivity contribution in [3.05, 3.63) is 57.9 Å². The fourth-order valence-corrected chi connectivity index (χ4v) is 3.90. The van der Waals surface area contributed by atoms with E-state index in [-0.39, 0.29) is 11.8 Å². The number of anilines is 1. The van der Waals surface area contributed by atoms with Crippen LogP contribution in [0.4, 0.5) is 5.69 Å². The highest BCUT2D eigenvalue weighted by molar-refractivity contribution is 6.38. The summed E-state index contributed by atoms with van der Waals surface area (Å²) in [4.78, 5) is 3.94. The number of ether oxygens (including phenoxy) is 2. The van der Waals surface area contributed by atoms with E-state index in [1.54, 1.807) is 0 Å². The number of aromatic nitrogens is 1. The number of hydrogen-bond acceptors (Lipinski definition) is 5. The maximum Gasteiger partial charge on any atom is 0.158 e. The van der Waals surface area contributed by atoms with Gasteiger partial charge in [-0.3, -0.25) is 4.98 Å². The number of fused-ring (bicyclic) bond motifs is 1. The van der Waals surface area contributed by atoms with Crippen LogP contribution < -0.4 is 5.32 Å². The van der Waals surface area contributed by atoms with E-state index in [1.165, 1.54) is 12.4 Å². The number of nitrogens with one attached hydrogen (secondary N) is 1. The van der Waals surface area contributed by atoms with E-state index >= 15 is 0 Å². The van der Waals surface area contributed by atoms with Gasteiger partial charge in [-0.2, -0.15) is 0 Å². The van der Waals surface area contributed by atoms with Crippen molar-refractivity contribution in [2.45, 2.75) is 33.9 Å². The van der Waals surface area contributed by atoms with Crippen molar-refractivity contribution in [1.29, 1.82) is 0 Å². The third kappa shape index (κ3) is 3.68. The molecule has 2 N–H and O–H groups in total. The van der Waals surface area contributed by atoms with Gasteiger partial charge in [0.15, 0.2) is 11.5 Å². The highest BCUT2D eigenvalue weighted by Crippen LogP contribution is 2.52. The van der Waals surface area contributed by atoms with Crippen LogP contribution in [0.5, 0.6) is 0 Å². The second kappa shape index (κ2) is 7.74. The molecule has 2 heterocycles. The Kier molecular flexibility index (Phi) is 5.75. The first-order valence-corrected chi connectivity index (χ1v) is 9.73. The largest absolute Gasteiger partial charge is 0.490 e. The first-order valence-electron chi connectivity index (χ1n) is 8.97. The summed E-state index contributed by atoms with van der Waals surface area (Å²) in [6.07, 6.45) is 7.86. The van der Waals surface area contributed by atoms with Crippen molar-refractivity contribution >= 4 is 28.9 Å². The molecule has 0 fully saturated rings. The molecule has 0 saturated carbocycles. The smallest absolute Gasteiger partial charge is 0.158 e. The Balaban J connectivity index is 1.95. The minimum atomic E-state index is -0.951. The predicted molar refractivity (Wildman–Crippen MR) is 107 cm³/mol. The molecule has 27 heavy (non-hydrogen) atoms. The number of hydrogen-bond donors (Lipinski definition) is 2. The monoisotopic (exact) mass is 410 g/mol. The molecular formula is C20H24Cl2N2O3. The molecule has 7 heteroatoms. The number of aliphatic hydroxyl groups excluding tert-OH is 1. The van der Waals surface area contributed by atoms with Crippen LogP contribution in [0.15, 0.2) is 47.9 Å². The normalized spacial score (nSPS) is 25.2. The summed E-state index contributed by atoms with van der Waals surface area (Å²) in [5.74, 6) is 2.18. The molecule has 1 aliphatic carbocycles. The van der Waals surface area contributed by atoms with E-state index in [0.717, 1.165) is 5.76 Å². The number of nitrogens with zero attached hydrogens (tertiary/aromatic N) is 1. The minimum Gasteiger partial charge on any atom is -0.490 e. The lowest BCUT2D eigenvalue weighted by Crippen LogP contribution is -2.40. The molecular weight excluding hydrogens is 387 g/mol. The highest BCUT2D eigenvalue weighted by atomic mass is 35.5. The van der Waals surface area contributed by atoms with Gasteiger partial charge in [0.25, 0.3) is 0 Å².